The standard InChI is InChI=1S/C21H20F7N5/c1-2-19(13-9-29-10-13,12-3-5-14(22)6-4-12)11-30-17-7-15(20(23,24)25)31-18-8-16(21(26,27)28)32-33(17)18/h3-8,13,29-30H,2,9-11H2,1H3. The number of anilines is 1. The Morgan fingerprint density at radius 1 is 1.00 bits per heavy atom. The Kier molecular flexibility index (Phi) is 5.75. The molecule has 1 aliphatic rings. The summed E-state index contributed by atoms with van der Waals surface area (Å²) in [6.07, 6.45) is -9.15. The predicted octanol–water partition coefficient (Wildman–Crippen LogP) is 4.89. The number of nitrogens with zero attached hydrogens (tertiary/aromatic N) is 3. The summed E-state index contributed by atoms with van der Waals surface area (Å²) in [6.45, 7) is 3.29. The molecule has 2 N–H and O–H groups in total. The Labute approximate surface area is 184 Å². The fraction of sp³-hybridized carbons (Fsp3) is 0.429. The van der Waals surface area contributed by atoms with Crippen molar-refractivity contribution in [3.05, 3.63) is 59.2 Å². The minimum atomic E-state index is -4.86. The molecule has 0 amide bonds. The lowest BCUT2D eigenvalue weighted by molar-refractivity contribution is -0.142. The number of fused-ring (bicyclic) bond motifs is 1. The van der Waals surface area contributed by atoms with Gasteiger partial charge in [0.1, 0.15) is 11.6 Å². The molecule has 1 unspecified atom stereocenters. The zero-order valence-electron chi connectivity index (χ0n) is 17.4. The number of hydrogen-bond donors (Lipinski definition) is 2. The van der Waals surface area contributed by atoms with Crippen LogP contribution in [0, 0.1) is 11.7 Å². The highest BCUT2D eigenvalue weighted by molar-refractivity contribution is 5.52. The van der Waals surface area contributed by atoms with Crippen molar-refractivity contribution in [3.8, 4) is 0 Å². The zero-order valence-corrected chi connectivity index (χ0v) is 17.4. The molecule has 1 atom stereocenters. The minimum Gasteiger partial charge on any atom is -0.369 e. The van der Waals surface area contributed by atoms with Crippen molar-refractivity contribution in [1.82, 2.24) is 19.9 Å². The number of aromatic nitrogens is 3. The number of rotatable bonds is 6. The molecule has 3 aromatic rings. The molecular weight excluding hydrogens is 455 g/mol. The maximum absolute atomic E-state index is 13.5. The van der Waals surface area contributed by atoms with Crippen LogP contribution in [0.15, 0.2) is 36.4 Å². The van der Waals surface area contributed by atoms with Crippen LogP contribution in [0.3, 0.4) is 0 Å². The lowest BCUT2D eigenvalue weighted by Gasteiger charge is -2.46. The third-order valence-corrected chi connectivity index (χ3v) is 6.21. The van der Waals surface area contributed by atoms with Crippen LogP contribution in [0.4, 0.5) is 36.6 Å². The molecule has 4 rings (SSSR count). The van der Waals surface area contributed by atoms with Gasteiger partial charge < -0.3 is 10.6 Å². The normalized spacial score (nSPS) is 17.1. The molecule has 0 spiro atoms. The van der Waals surface area contributed by atoms with E-state index in [1.165, 1.54) is 12.1 Å². The van der Waals surface area contributed by atoms with Gasteiger partial charge in [-0.15, -0.1) is 0 Å². The summed E-state index contributed by atoms with van der Waals surface area (Å²) in [5.74, 6) is -0.608. The first-order valence-electron chi connectivity index (χ1n) is 10.2. The highest BCUT2D eigenvalue weighted by atomic mass is 19.4. The molecule has 5 nitrogen and oxygen atoms in total. The smallest absolute Gasteiger partial charge is 0.369 e. The van der Waals surface area contributed by atoms with Gasteiger partial charge in [0.05, 0.1) is 0 Å². The maximum Gasteiger partial charge on any atom is 0.435 e. The minimum absolute atomic E-state index is 0.0863. The average Bonchev–Trinajstić information content (AvgIpc) is 3.14. The molecule has 0 radical (unpaired) electrons. The van der Waals surface area contributed by atoms with Crippen molar-refractivity contribution in [2.24, 2.45) is 5.92 Å². The molecular formula is C21H20F7N5. The summed E-state index contributed by atoms with van der Waals surface area (Å²) in [6, 6.07) is 6.98. The molecule has 0 saturated carbocycles. The molecule has 0 bridgehead atoms. The Balaban J connectivity index is 1.77. The third kappa shape index (κ3) is 4.35. The van der Waals surface area contributed by atoms with Crippen LogP contribution in [0.2, 0.25) is 0 Å². The maximum atomic E-state index is 13.5. The van der Waals surface area contributed by atoms with E-state index in [1.54, 1.807) is 12.1 Å². The monoisotopic (exact) mass is 475 g/mol. The van der Waals surface area contributed by atoms with Gasteiger partial charge in [-0.1, -0.05) is 19.1 Å². The topological polar surface area (TPSA) is 54.2 Å². The van der Waals surface area contributed by atoms with Crippen LogP contribution in [-0.4, -0.2) is 34.2 Å². The Bertz CT molecular complexity index is 1130. The van der Waals surface area contributed by atoms with E-state index in [0.717, 1.165) is 10.1 Å². The van der Waals surface area contributed by atoms with Gasteiger partial charge in [-0.2, -0.15) is 36.0 Å². The molecule has 1 aromatic carbocycles. The van der Waals surface area contributed by atoms with Gasteiger partial charge in [-0.25, -0.2) is 9.37 Å². The van der Waals surface area contributed by atoms with Crippen LogP contribution >= 0.6 is 0 Å². The van der Waals surface area contributed by atoms with Gasteiger partial charge in [0.15, 0.2) is 17.0 Å². The highest BCUT2D eigenvalue weighted by Gasteiger charge is 2.43. The number of halogens is 7. The lowest BCUT2D eigenvalue weighted by atomic mass is 9.66. The first kappa shape index (κ1) is 23.3. The fourth-order valence-corrected chi connectivity index (χ4v) is 4.19. The van der Waals surface area contributed by atoms with Crippen molar-refractivity contribution in [2.45, 2.75) is 31.1 Å². The lowest BCUT2D eigenvalue weighted by Crippen LogP contribution is -2.56. The van der Waals surface area contributed by atoms with E-state index in [9.17, 15) is 30.7 Å². The first-order valence-corrected chi connectivity index (χ1v) is 10.2. The molecule has 1 aliphatic heterocycles. The molecule has 2 aromatic heterocycles. The summed E-state index contributed by atoms with van der Waals surface area (Å²) in [5, 5.41) is 9.48. The molecule has 178 valence electrons. The van der Waals surface area contributed by atoms with Gasteiger partial charge in [0.25, 0.3) is 0 Å². The van der Waals surface area contributed by atoms with Crippen molar-refractivity contribution >= 4 is 11.5 Å². The van der Waals surface area contributed by atoms with E-state index in [-0.39, 0.29) is 18.3 Å². The van der Waals surface area contributed by atoms with Gasteiger partial charge >= 0.3 is 12.4 Å². The van der Waals surface area contributed by atoms with Crippen molar-refractivity contribution in [3.63, 3.8) is 0 Å². The molecule has 33 heavy (non-hydrogen) atoms. The van der Waals surface area contributed by atoms with Crippen molar-refractivity contribution < 1.29 is 30.7 Å². The van der Waals surface area contributed by atoms with Crippen LogP contribution in [0.5, 0.6) is 0 Å². The number of hydrogen-bond acceptors (Lipinski definition) is 4. The second kappa shape index (κ2) is 8.15. The fourth-order valence-electron chi connectivity index (χ4n) is 4.19. The van der Waals surface area contributed by atoms with E-state index >= 15 is 0 Å². The predicted molar refractivity (Wildman–Crippen MR) is 106 cm³/mol. The molecule has 1 saturated heterocycles. The van der Waals surface area contributed by atoms with E-state index < -0.39 is 40.6 Å². The second-order valence-corrected chi connectivity index (χ2v) is 8.05. The number of benzene rings is 1. The average molecular weight is 475 g/mol. The van der Waals surface area contributed by atoms with Crippen LogP contribution in [0.25, 0.3) is 5.65 Å². The van der Waals surface area contributed by atoms with Gasteiger partial charge in [0.2, 0.25) is 0 Å². The Morgan fingerprint density at radius 3 is 2.15 bits per heavy atom. The summed E-state index contributed by atoms with van der Waals surface area (Å²) < 4.78 is 93.8. The largest absolute Gasteiger partial charge is 0.435 e. The molecule has 0 aliphatic carbocycles. The Morgan fingerprint density at radius 2 is 1.64 bits per heavy atom. The van der Waals surface area contributed by atoms with Crippen LogP contribution < -0.4 is 10.6 Å². The zero-order chi connectivity index (χ0) is 24.0. The van der Waals surface area contributed by atoms with E-state index in [2.05, 4.69) is 20.7 Å². The van der Waals surface area contributed by atoms with E-state index in [4.69, 9.17) is 0 Å². The molecule has 12 heteroatoms. The number of nitrogens with one attached hydrogen (secondary N) is 2. The number of alkyl halides is 6. The first-order chi connectivity index (χ1) is 15.4. The third-order valence-electron chi connectivity index (χ3n) is 6.21. The molecule has 1 fully saturated rings. The van der Waals surface area contributed by atoms with E-state index in [1.807, 2.05) is 6.92 Å². The van der Waals surface area contributed by atoms with Crippen molar-refractivity contribution in [2.75, 3.05) is 25.0 Å². The van der Waals surface area contributed by atoms with E-state index in [0.29, 0.717) is 31.6 Å². The quantitative estimate of drug-likeness (QED) is 0.499. The van der Waals surface area contributed by atoms with Gasteiger partial charge in [-0.05, 0) is 30.0 Å². The summed E-state index contributed by atoms with van der Waals surface area (Å²) in [4.78, 5) is 3.32. The highest BCUT2D eigenvalue weighted by Crippen LogP contribution is 2.39. The summed E-state index contributed by atoms with van der Waals surface area (Å²) in [7, 11) is 0. The van der Waals surface area contributed by atoms with Gasteiger partial charge in [-0.3, -0.25) is 0 Å². The van der Waals surface area contributed by atoms with Crippen molar-refractivity contribution in [1.29, 1.82) is 0 Å². The molecule has 3 heterocycles. The Hall–Kier alpha value is -2.89. The summed E-state index contributed by atoms with van der Waals surface area (Å²) >= 11 is 0. The van der Waals surface area contributed by atoms with Crippen LogP contribution in [0.1, 0.15) is 30.3 Å². The summed E-state index contributed by atoms with van der Waals surface area (Å²) in [5.41, 5.74) is -3.08. The van der Waals surface area contributed by atoms with Crippen LogP contribution in [-0.2, 0) is 17.8 Å². The second-order valence-electron chi connectivity index (χ2n) is 8.05. The SMILES string of the molecule is CCC(CNc1cc(C(F)(F)F)nc2cc(C(F)(F)F)nn12)(c1ccc(F)cc1)C1CNC1. The van der Waals surface area contributed by atoms with Gasteiger partial charge in [0, 0.05) is 37.2 Å².